The molecule has 1 aliphatic rings. The van der Waals surface area contributed by atoms with E-state index >= 15 is 0 Å². The molecule has 7 nitrogen and oxygen atoms in total. The van der Waals surface area contributed by atoms with Crippen molar-refractivity contribution in [3.05, 3.63) is 59.0 Å². The van der Waals surface area contributed by atoms with Gasteiger partial charge in [0.2, 0.25) is 10.0 Å². The van der Waals surface area contributed by atoms with Gasteiger partial charge in [-0.3, -0.25) is 0 Å². The average molecular weight is 509 g/mol. The minimum absolute atomic E-state index is 0.0669. The first-order valence-corrected chi connectivity index (χ1v) is 13.4. The highest BCUT2D eigenvalue weighted by atomic mass is 35.5. The van der Waals surface area contributed by atoms with E-state index in [9.17, 15) is 12.8 Å². The third-order valence-corrected chi connectivity index (χ3v) is 7.64. The zero-order valence-corrected chi connectivity index (χ0v) is 20.5. The number of fused-ring (bicyclic) bond motifs is 1. The Bertz CT molecular complexity index is 1210. The van der Waals surface area contributed by atoms with Gasteiger partial charge in [-0.15, -0.1) is 0 Å². The van der Waals surface area contributed by atoms with Gasteiger partial charge in [-0.1, -0.05) is 11.6 Å². The smallest absolute Gasteiger partial charge is 0.240 e. The second-order valence-electron chi connectivity index (χ2n) is 8.39. The van der Waals surface area contributed by atoms with Crippen molar-refractivity contribution in [2.45, 2.75) is 24.2 Å². The molecule has 0 atom stereocenters. The number of H-pyrrole nitrogens is 1. The fraction of sp³-hybridized carbons (Fsp3) is 0.417. The first kappa shape index (κ1) is 24.9. The predicted octanol–water partition coefficient (Wildman–Crippen LogP) is 3.55. The summed E-state index contributed by atoms with van der Waals surface area (Å²) in [6.45, 7) is 5.49. The van der Waals surface area contributed by atoms with Crippen LogP contribution in [0.2, 0.25) is 5.02 Å². The number of halogens is 2. The van der Waals surface area contributed by atoms with E-state index in [1.165, 1.54) is 12.1 Å². The molecule has 0 saturated carbocycles. The number of hydrogen-bond donors (Lipinski definition) is 3. The molecule has 3 N–H and O–H groups in total. The summed E-state index contributed by atoms with van der Waals surface area (Å²) in [5.41, 5.74) is 2.06. The molecule has 34 heavy (non-hydrogen) atoms. The number of nitrogens with zero attached hydrogens (tertiary/aromatic N) is 1. The number of aromatic amines is 1. The van der Waals surface area contributed by atoms with Gasteiger partial charge in [0.25, 0.3) is 0 Å². The summed E-state index contributed by atoms with van der Waals surface area (Å²) in [6.07, 6.45) is 3.96. The molecule has 3 aromatic rings. The van der Waals surface area contributed by atoms with Gasteiger partial charge in [-0.25, -0.2) is 17.5 Å². The molecular weight excluding hydrogens is 479 g/mol. The van der Waals surface area contributed by atoms with Gasteiger partial charge in [0.05, 0.1) is 11.5 Å². The van der Waals surface area contributed by atoms with Gasteiger partial charge in [0.1, 0.15) is 0 Å². The highest BCUT2D eigenvalue weighted by Crippen LogP contribution is 2.24. The van der Waals surface area contributed by atoms with Gasteiger partial charge < -0.3 is 19.9 Å². The molecule has 10 heteroatoms. The van der Waals surface area contributed by atoms with Crippen LogP contribution in [0.4, 0.5) is 4.39 Å². The number of hydrogen-bond acceptors (Lipinski definition) is 5. The normalized spacial score (nSPS) is 15.1. The van der Waals surface area contributed by atoms with Gasteiger partial charge >= 0.3 is 0 Å². The van der Waals surface area contributed by atoms with Crippen LogP contribution in [0.15, 0.2) is 47.5 Å². The summed E-state index contributed by atoms with van der Waals surface area (Å²) in [7, 11) is -3.82. The Balaban J connectivity index is 1.24. The van der Waals surface area contributed by atoms with Crippen LogP contribution in [-0.4, -0.2) is 64.2 Å². The fourth-order valence-corrected chi connectivity index (χ4v) is 5.35. The van der Waals surface area contributed by atoms with Crippen molar-refractivity contribution >= 4 is 32.5 Å². The quantitative estimate of drug-likeness (QED) is 0.345. The molecular formula is C24H30ClFN4O3S. The van der Waals surface area contributed by atoms with Crippen LogP contribution in [0, 0.1) is 5.82 Å². The summed E-state index contributed by atoms with van der Waals surface area (Å²) in [6, 6.07) is 9.39. The van der Waals surface area contributed by atoms with E-state index in [0.717, 1.165) is 61.7 Å². The SMILES string of the molecule is O=S(=O)(NCCCc1c[nH]c2ccc(Cl)cc12)c1ccc(OCCCN2CCNCC2)c(F)c1. The van der Waals surface area contributed by atoms with Crippen molar-refractivity contribution in [2.75, 3.05) is 45.9 Å². The van der Waals surface area contributed by atoms with Crippen molar-refractivity contribution in [3.8, 4) is 5.75 Å². The molecule has 2 aromatic carbocycles. The molecule has 0 spiro atoms. The molecule has 1 saturated heterocycles. The van der Waals surface area contributed by atoms with Crippen molar-refractivity contribution in [3.63, 3.8) is 0 Å². The van der Waals surface area contributed by atoms with Crippen LogP contribution in [0.25, 0.3) is 10.9 Å². The van der Waals surface area contributed by atoms with Crippen molar-refractivity contribution in [1.29, 1.82) is 0 Å². The zero-order valence-electron chi connectivity index (χ0n) is 18.9. The Labute approximate surface area is 204 Å². The van der Waals surface area contributed by atoms with Crippen molar-refractivity contribution in [1.82, 2.24) is 19.9 Å². The lowest BCUT2D eigenvalue weighted by Crippen LogP contribution is -2.43. The number of sulfonamides is 1. The van der Waals surface area contributed by atoms with E-state index in [0.29, 0.717) is 24.5 Å². The van der Waals surface area contributed by atoms with E-state index < -0.39 is 15.8 Å². The van der Waals surface area contributed by atoms with Crippen LogP contribution >= 0.6 is 11.6 Å². The molecule has 1 aromatic heterocycles. The molecule has 184 valence electrons. The number of ether oxygens (including phenoxy) is 1. The Morgan fingerprint density at radius 1 is 1.12 bits per heavy atom. The van der Waals surface area contributed by atoms with Gasteiger partial charge in [0, 0.05) is 61.4 Å². The average Bonchev–Trinajstić information content (AvgIpc) is 3.23. The number of aryl methyl sites for hydroxylation is 1. The first-order valence-electron chi connectivity index (χ1n) is 11.5. The van der Waals surface area contributed by atoms with Crippen molar-refractivity contribution < 1.29 is 17.5 Å². The molecule has 1 aliphatic heterocycles. The molecule has 0 amide bonds. The van der Waals surface area contributed by atoms with E-state index in [4.69, 9.17) is 16.3 Å². The van der Waals surface area contributed by atoms with Crippen LogP contribution < -0.4 is 14.8 Å². The molecule has 0 radical (unpaired) electrons. The lowest BCUT2D eigenvalue weighted by atomic mass is 10.1. The van der Waals surface area contributed by atoms with Crippen LogP contribution in [0.1, 0.15) is 18.4 Å². The summed E-state index contributed by atoms with van der Waals surface area (Å²) in [5, 5.41) is 4.99. The van der Waals surface area contributed by atoms with Gasteiger partial charge in [-0.2, -0.15) is 0 Å². The van der Waals surface area contributed by atoms with E-state index in [1.54, 1.807) is 0 Å². The minimum Gasteiger partial charge on any atom is -0.490 e. The summed E-state index contributed by atoms with van der Waals surface area (Å²) < 4.78 is 47.7. The summed E-state index contributed by atoms with van der Waals surface area (Å²) in [4.78, 5) is 5.41. The maximum Gasteiger partial charge on any atom is 0.240 e. The molecule has 1 fully saturated rings. The molecule has 4 rings (SSSR count). The van der Waals surface area contributed by atoms with Crippen LogP contribution in [0.5, 0.6) is 5.75 Å². The number of piperazine rings is 1. The fourth-order valence-electron chi connectivity index (χ4n) is 4.10. The van der Waals surface area contributed by atoms with Gasteiger partial charge in [-0.05, 0) is 61.2 Å². The standard InChI is InChI=1S/C24H30ClFN4O3S/c25-19-4-6-23-21(15-19)18(17-28-23)3-1-8-29-34(31,32)20-5-7-24(22(26)16-20)33-14-2-11-30-12-9-27-10-13-30/h4-7,15-17,27-29H,1-3,8-14H2. The van der Waals surface area contributed by atoms with E-state index in [1.807, 2.05) is 24.4 Å². The maximum atomic E-state index is 14.5. The second kappa shape index (κ2) is 11.5. The Kier molecular flexibility index (Phi) is 8.44. The predicted molar refractivity (Wildman–Crippen MR) is 133 cm³/mol. The molecule has 2 heterocycles. The Morgan fingerprint density at radius 2 is 1.94 bits per heavy atom. The lowest BCUT2D eigenvalue weighted by Gasteiger charge is -2.26. The Hall–Kier alpha value is -2.17. The number of nitrogens with one attached hydrogen (secondary N) is 3. The maximum absolute atomic E-state index is 14.5. The largest absolute Gasteiger partial charge is 0.490 e. The summed E-state index contributed by atoms with van der Waals surface area (Å²) in [5.74, 6) is -0.613. The third kappa shape index (κ3) is 6.49. The highest BCUT2D eigenvalue weighted by molar-refractivity contribution is 7.89. The molecule has 0 unspecified atom stereocenters. The Morgan fingerprint density at radius 3 is 2.74 bits per heavy atom. The second-order valence-corrected chi connectivity index (χ2v) is 10.6. The summed E-state index contributed by atoms with van der Waals surface area (Å²) >= 11 is 6.08. The topological polar surface area (TPSA) is 86.5 Å². The van der Waals surface area contributed by atoms with Crippen LogP contribution in [0.3, 0.4) is 0 Å². The molecule has 0 aliphatic carbocycles. The van der Waals surface area contributed by atoms with E-state index in [-0.39, 0.29) is 17.2 Å². The third-order valence-electron chi connectivity index (χ3n) is 5.94. The number of aromatic nitrogens is 1. The van der Waals surface area contributed by atoms with E-state index in [2.05, 4.69) is 19.9 Å². The minimum atomic E-state index is -3.82. The van der Waals surface area contributed by atoms with Crippen LogP contribution in [-0.2, 0) is 16.4 Å². The highest BCUT2D eigenvalue weighted by Gasteiger charge is 2.17. The number of benzene rings is 2. The first-order chi connectivity index (χ1) is 16.4. The monoisotopic (exact) mass is 508 g/mol. The van der Waals surface area contributed by atoms with Crippen molar-refractivity contribution in [2.24, 2.45) is 0 Å². The van der Waals surface area contributed by atoms with Gasteiger partial charge in [0.15, 0.2) is 11.6 Å². The zero-order chi connectivity index (χ0) is 24.0. The molecule has 0 bridgehead atoms. The lowest BCUT2D eigenvalue weighted by molar-refractivity contribution is 0.211. The number of rotatable bonds is 11.